The lowest BCUT2D eigenvalue weighted by atomic mass is 10.0. The zero-order valence-electron chi connectivity index (χ0n) is 20.1. The summed E-state index contributed by atoms with van der Waals surface area (Å²) in [4.78, 5) is 12.4. The van der Waals surface area contributed by atoms with Crippen molar-refractivity contribution < 1.29 is 18.7 Å². The Morgan fingerprint density at radius 3 is 2.71 bits per heavy atom. The molecular formula is C27H29FN4O3. The van der Waals surface area contributed by atoms with Crippen LogP contribution in [0.2, 0.25) is 0 Å². The monoisotopic (exact) mass is 476 g/mol. The quantitative estimate of drug-likeness (QED) is 0.478. The van der Waals surface area contributed by atoms with Crippen molar-refractivity contribution >= 4 is 11.9 Å². The van der Waals surface area contributed by atoms with Crippen molar-refractivity contribution in [2.75, 3.05) is 20.3 Å². The maximum Gasteiger partial charge on any atom is 0.234 e. The molecular weight excluding hydrogens is 447 g/mol. The summed E-state index contributed by atoms with van der Waals surface area (Å²) in [7, 11) is 1.66. The van der Waals surface area contributed by atoms with E-state index in [1.54, 1.807) is 25.6 Å². The summed E-state index contributed by atoms with van der Waals surface area (Å²) < 4.78 is 27.1. The maximum absolute atomic E-state index is 13.6. The average molecular weight is 477 g/mol. The molecule has 8 heteroatoms. The molecule has 2 unspecified atom stereocenters. The molecule has 0 bridgehead atoms. The van der Waals surface area contributed by atoms with Gasteiger partial charge in [0.05, 0.1) is 30.9 Å². The Labute approximate surface area is 204 Å². The van der Waals surface area contributed by atoms with Crippen LogP contribution in [0.5, 0.6) is 5.75 Å². The second kappa shape index (κ2) is 9.54. The van der Waals surface area contributed by atoms with Gasteiger partial charge < -0.3 is 23.8 Å². The van der Waals surface area contributed by atoms with Gasteiger partial charge in [0.2, 0.25) is 5.72 Å². The first kappa shape index (κ1) is 23.1. The van der Waals surface area contributed by atoms with Gasteiger partial charge in [-0.15, -0.1) is 0 Å². The van der Waals surface area contributed by atoms with Crippen LogP contribution in [0.25, 0.3) is 11.8 Å². The summed E-state index contributed by atoms with van der Waals surface area (Å²) in [6.45, 7) is 5.29. The fraction of sp³-hybridized carbons (Fsp3) is 0.333. The average Bonchev–Trinajstić information content (AvgIpc) is 3.61. The first-order valence-electron chi connectivity index (χ1n) is 11.7. The van der Waals surface area contributed by atoms with E-state index >= 15 is 0 Å². The van der Waals surface area contributed by atoms with E-state index in [4.69, 9.17) is 14.3 Å². The summed E-state index contributed by atoms with van der Waals surface area (Å²) in [5.74, 6) is 1.13. The van der Waals surface area contributed by atoms with Crippen LogP contribution in [0.3, 0.4) is 0 Å². The first-order valence-corrected chi connectivity index (χ1v) is 11.7. The van der Waals surface area contributed by atoms with Gasteiger partial charge in [-0.1, -0.05) is 29.4 Å². The number of aromatic nitrogens is 2. The van der Waals surface area contributed by atoms with Gasteiger partial charge in [0, 0.05) is 31.8 Å². The van der Waals surface area contributed by atoms with Gasteiger partial charge in [-0.3, -0.25) is 0 Å². The fourth-order valence-electron chi connectivity index (χ4n) is 4.54. The number of hydrogen-bond acceptors (Lipinski definition) is 6. The molecule has 0 saturated carbocycles. The Kier molecular flexibility index (Phi) is 6.30. The molecule has 5 rings (SSSR count). The van der Waals surface area contributed by atoms with E-state index in [0.717, 1.165) is 47.7 Å². The van der Waals surface area contributed by atoms with Crippen molar-refractivity contribution in [3.05, 3.63) is 83.7 Å². The molecule has 0 aliphatic carbocycles. The number of amidine groups is 1. The normalized spacial score (nSPS) is 22.0. The molecule has 182 valence electrons. The van der Waals surface area contributed by atoms with Gasteiger partial charge in [0.15, 0.2) is 5.84 Å². The van der Waals surface area contributed by atoms with Crippen LogP contribution in [0.1, 0.15) is 36.6 Å². The molecule has 35 heavy (non-hydrogen) atoms. The standard InChI is InChI=1S/C27H29FN4O3/c1-19-16-31(18-29-19)24-12-6-20(15-25(24)33-3)7-13-26-30-35-27(2,21-8-10-22(28)11-9-21)32(26)17-23-5-4-14-34-23/h6-13,15-16,18,23H,4-5,14,17H2,1-3H3. The highest BCUT2D eigenvalue weighted by Gasteiger charge is 2.44. The number of rotatable bonds is 7. The summed E-state index contributed by atoms with van der Waals surface area (Å²) in [6.07, 6.45) is 9.75. The molecule has 2 aliphatic heterocycles. The number of methoxy groups -OCH3 is 1. The molecule has 0 amide bonds. The van der Waals surface area contributed by atoms with Crippen molar-refractivity contribution in [2.24, 2.45) is 5.16 Å². The lowest BCUT2D eigenvalue weighted by Gasteiger charge is -2.35. The third-order valence-corrected chi connectivity index (χ3v) is 6.52. The van der Waals surface area contributed by atoms with E-state index in [1.807, 2.05) is 55.0 Å². The number of nitrogens with zero attached hydrogens (tertiary/aromatic N) is 4. The highest BCUT2D eigenvalue weighted by molar-refractivity contribution is 5.97. The third kappa shape index (κ3) is 4.66. The zero-order chi connectivity index (χ0) is 24.4. The van der Waals surface area contributed by atoms with E-state index < -0.39 is 5.72 Å². The smallest absolute Gasteiger partial charge is 0.234 e. The van der Waals surface area contributed by atoms with Crippen LogP contribution in [0, 0.1) is 12.7 Å². The molecule has 7 nitrogen and oxygen atoms in total. The predicted octanol–water partition coefficient (Wildman–Crippen LogP) is 5.04. The number of aryl methyl sites for hydroxylation is 1. The van der Waals surface area contributed by atoms with Crippen LogP contribution >= 0.6 is 0 Å². The van der Waals surface area contributed by atoms with Crippen molar-refractivity contribution in [1.29, 1.82) is 0 Å². The van der Waals surface area contributed by atoms with Crippen molar-refractivity contribution in [3.63, 3.8) is 0 Å². The minimum absolute atomic E-state index is 0.0908. The summed E-state index contributed by atoms with van der Waals surface area (Å²) in [6, 6.07) is 12.3. The van der Waals surface area contributed by atoms with Gasteiger partial charge in [-0.25, -0.2) is 9.37 Å². The Balaban J connectivity index is 1.41. The van der Waals surface area contributed by atoms with E-state index in [2.05, 4.69) is 15.0 Å². The molecule has 0 N–H and O–H groups in total. The Bertz CT molecular complexity index is 1250. The zero-order valence-corrected chi connectivity index (χ0v) is 20.1. The lowest BCUT2D eigenvalue weighted by molar-refractivity contribution is -0.100. The molecule has 0 spiro atoms. The molecule has 1 aromatic heterocycles. The summed E-state index contributed by atoms with van der Waals surface area (Å²) >= 11 is 0. The third-order valence-electron chi connectivity index (χ3n) is 6.52. The Morgan fingerprint density at radius 1 is 1.20 bits per heavy atom. The van der Waals surface area contributed by atoms with Crippen LogP contribution in [0.4, 0.5) is 4.39 Å². The number of oxime groups is 1. The van der Waals surface area contributed by atoms with Crippen LogP contribution < -0.4 is 4.74 Å². The largest absolute Gasteiger partial charge is 0.495 e. The van der Waals surface area contributed by atoms with E-state index in [0.29, 0.717) is 12.4 Å². The molecule has 1 saturated heterocycles. The van der Waals surface area contributed by atoms with Gasteiger partial charge in [-0.05, 0) is 55.7 Å². The predicted molar refractivity (Wildman–Crippen MR) is 132 cm³/mol. The minimum Gasteiger partial charge on any atom is -0.495 e. The van der Waals surface area contributed by atoms with Gasteiger partial charge in [0.1, 0.15) is 11.6 Å². The molecule has 1 fully saturated rings. The van der Waals surface area contributed by atoms with Crippen LogP contribution in [-0.2, 0) is 15.3 Å². The Morgan fingerprint density at radius 2 is 2.03 bits per heavy atom. The van der Waals surface area contributed by atoms with E-state index in [9.17, 15) is 4.39 Å². The topological polar surface area (TPSA) is 61.1 Å². The van der Waals surface area contributed by atoms with Crippen molar-refractivity contribution in [2.45, 2.75) is 38.5 Å². The maximum atomic E-state index is 13.6. The number of benzene rings is 2. The first-order chi connectivity index (χ1) is 17.0. The molecule has 2 aliphatic rings. The van der Waals surface area contributed by atoms with Crippen LogP contribution in [-0.4, -0.2) is 46.7 Å². The van der Waals surface area contributed by atoms with Crippen LogP contribution in [0.15, 0.2) is 66.2 Å². The number of imidazole rings is 1. The van der Waals surface area contributed by atoms with E-state index in [1.165, 1.54) is 12.1 Å². The van der Waals surface area contributed by atoms with Gasteiger partial charge in [0.25, 0.3) is 0 Å². The second-order valence-electron chi connectivity index (χ2n) is 8.96. The molecule has 3 heterocycles. The number of ether oxygens (including phenoxy) is 2. The minimum atomic E-state index is -0.861. The molecule has 0 radical (unpaired) electrons. The van der Waals surface area contributed by atoms with Gasteiger partial charge >= 0.3 is 0 Å². The number of halogens is 1. The Hall–Kier alpha value is -3.65. The molecule has 2 atom stereocenters. The number of hydrogen-bond donors (Lipinski definition) is 0. The highest BCUT2D eigenvalue weighted by Crippen LogP contribution is 2.36. The second-order valence-corrected chi connectivity index (χ2v) is 8.96. The SMILES string of the molecule is COc1cc(C=CC2=NOC(C)(c3ccc(F)cc3)N2CC2CCCO2)ccc1-n1cnc(C)c1. The van der Waals surface area contributed by atoms with Crippen molar-refractivity contribution in [3.8, 4) is 11.4 Å². The molecule has 2 aromatic carbocycles. The molecule has 3 aromatic rings. The van der Waals surface area contributed by atoms with Crippen molar-refractivity contribution in [1.82, 2.24) is 14.5 Å². The van der Waals surface area contributed by atoms with E-state index in [-0.39, 0.29) is 11.9 Å². The highest BCUT2D eigenvalue weighted by atomic mass is 19.1. The summed E-state index contributed by atoms with van der Waals surface area (Å²) in [5, 5.41) is 4.40. The summed E-state index contributed by atoms with van der Waals surface area (Å²) in [5.41, 5.74) is 2.77. The fourth-order valence-corrected chi connectivity index (χ4v) is 4.54. The van der Waals surface area contributed by atoms with Gasteiger partial charge in [-0.2, -0.15) is 0 Å². The lowest BCUT2D eigenvalue weighted by Crippen LogP contribution is -2.47.